The molecule has 1 heterocycles. The number of rotatable bonds is 9. The van der Waals surface area contributed by atoms with Crippen molar-refractivity contribution in [3.05, 3.63) is 57.4 Å². The number of aryl methyl sites for hydroxylation is 1. The van der Waals surface area contributed by atoms with Crippen LogP contribution >= 0.6 is 22.9 Å². The van der Waals surface area contributed by atoms with Crippen LogP contribution in [0.3, 0.4) is 0 Å². The number of carbonyl (C=O) groups is 2. The van der Waals surface area contributed by atoms with Crippen molar-refractivity contribution in [2.75, 3.05) is 6.61 Å². The number of nitrogens with one attached hydrogen (secondary N) is 2. The Labute approximate surface area is 165 Å². The van der Waals surface area contributed by atoms with E-state index >= 15 is 0 Å². The lowest BCUT2D eigenvalue weighted by Gasteiger charge is -2.10. The smallest absolute Gasteiger partial charge is 0.262 e. The molecule has 0 radical (unpaired) electrons. The minimum absolute atomic E-state index is 0.0246. The Bertz CT molecular complexity index is 841. The van der Waals surface area contributed by atoms with E-state index in [0.29, 0.717) is 18.7 Å². The lowest BCUT2D eigenvalue weighted by molar-refractivity contribution is -0.123. The highest BCUT2D eigenvalue weighted by Crippen LogP contribution is 2.20. The molecule has 0 aliphatic rings. The normalized spacial score (nSPS) is 10.3. The van der Waals surface area contributed by atoms with Crippen LogP contribution in [-0.4, -0.2) is 23.4 Å². The summed E-state index contributed by atoms with van der Waals surface area (Å²) in [5.74, 6) is -1.05. The van der Waals surface area contributed by atoms with E-state index in [1.807, 2.05) is 6.92 Å². The van der Waals surface area contributed by atoms with Crippen LogP contribution in [0.15, 0.2) is 36.7 Å². The van der Waals surface area contributed by atoms with Crippen molar-refractivity contribution in [1.82, 2.24) is 15.6 Å². The summed E-state index contributed by atoms with van der Waals surface area (Å²) in [6, 6.07) is 3.90. The number of ether oxygens (including phenoxy) is 1. The zero-order chi connectivity index (χ0) is 19.8. The molecule has 0 fully saturated rings. The molecule has 0 saturated heterocycles. The van der Waals surface area contributed by atoms with Gasteiger partial charge >= 0.3 is 0 Å². The van der Waals surface area contributed by atoms with Crippen molar-refractivity contribution in [2.45, 2.75) is 26.3 Å². The van der Waals surface area contributed by atoms with Crippen molar-refractivity contribution in [3.63, 3.8) is 0 Å². The summed E-state index contributed by atoms with van der Waals surface area (Å²) >= 11 is 7.10. The Kier molecular flexibility index (Phi) is 7.75. The molecule has 0 spiro atoms. The predicted octanol–water partition coefficient (Wildman–Crippen LogP) is 3.35. The van der Waals surface area contributed by atoms with Gasteiger partial charge in [0.2, 0.25) is 5.91 Å². The molecule has 0 aliphatic carbocycles. The Hall–Kier alpha value is -2.45. The standard InChI is InChI=1S/C18H19ClFN3O3S/c1-11(3-6-16(24)21-9-18-22-8-12(2)27-18)23-17(25)10-26-13-4-5-14(19)15(20)7-13/h4-5,7-8H,1,3,6,9-10H2,2H3,(H,21,24)(H,23,25). The minimum Gasteiger partial charge on any atom is -0.484 e. The highest BCUT2D eigenvalue weighted by molar-refractivity contribution is 7.11. The van der Waals surface area contributed by atoms with Gasteiger partial charge in [0.1, 0.15) is 16.6 Å². The molecule has 2 rings (SSSR count). The van der Waals surface area contributed by atoms with Crippen molar-refractivity contribution >= 4 is 34.8 Å². The fourth-order valence-electron chi connectivity index (χ4n) is 2.02. The number of thiazole rings is 1. The first-order valence-electron chi connectivity index (χ1n) is 8.07. The van der Waals surface area contributed by atoms with Crippen LogP contribution in [0.5, 0.6) is 5.75 Å². The molecule has 0 atom stereocenters. The van der Waals surface area contributed by atoms with Crippen LogP contribution in [0.25, 0.3) is 0 Å². The van der Waals surface area contributed by atoms with Crippen LogP contribution in [0.4, 0.5) is 4.39 Å². The van der Waals surface area contributed by atoms with Crippen molar-refractivity contribution < 1.29 is 18.7 Å². The highest BCUT2D eigenvalue weighted by atomic mass is 35.5. The van der Waals surface area contributed by atoms with Crippen LogP contribution in [-0.2, 0) is 16.1 Å². The second-order valence-corrected chi connectivity index (χ2v) is 7.38. The number of hydrogen-bond acceptors (Lipinski definition) is 5. The van der Waals surface area contributed by atoms with Crippen molar-refractivity contribution in [1.29, 1.82) is 0 Å². The molecule has 9 heteroatoms. The lowest BCUT2D eigenvalue weighted by Crippen LogP contribution is -2.29. The summed E-state index contributed by atoms with van der Waals surface area (Å²) in [5.41, 5.74) is 0.395. The number of carbonyl (C=O) groups excluding carboxylic acids is 2. The summed E-state index contributed by atoms with van der Waals surface area (Å²) in [5, 5.41) is 6.11. The zero-order valence-corrected chi connectivity index (χ0v) is 16.3. The number of aromatic nitrogens is 1. The van der Waals surface area contributed by atoms with E-state index in [1.165, 1.54) is 23.5 Å². The fourth-order valence-corrected chi connectivity index (χ4v) is 2.87. The van der Waals surface area contributed by atoms with Gasteiger partial charge in [0.25, 0.3) is 5.91 Å². The van der Waals surface area contributed by atoms with Crippen molar-refractivity contribution in [2.24, 2.45) is 0 Å². The fraction of sp³-hybridized carbons (Fsp3) is 0.278. The molecule has 2 aromatic rings. The van der Waals surface area contributed by atoms with Gasteiger partial charge in [-0.2, -0.15) is 0 Å². The van der Waals surface area contributed by atoms with Gasteiger partial charge in [-0.1, -0.05) is 18.2 Å². The van der Waals surface area contributed by atoms with Gasteiger partial charge in [-0.3, -0.25) is 9.59 Å². The van der Waals surface area contributed by atoms with E-state index in [-0.39, 0.29) is 29.7 Å². The molecule has 2 N–H and O–H groups in total. The third-order valence-electron chi connectivity index (χ3n) is 3.34. The maximum atomic E-state index is 13.3. The molecule has 0 bridgehead atoms. The lowest BCUT2D eigenvalue weighted by atomic mass is 10.2. The van der Waals surface area contributed by atoms with Gasteiger partial charge in [0.05, 0.1) is 11.6 Å². The molecule has 2 amide bonds. The number of allylic oxidation sites excluding steroid dienone is 1. The third kappa shape index (κ3) is 7.36. The number of benzene rings is 1. The molecular weight excluding hydrogens is 393 g/mol. The largest absolute Gasteiger partial charge is 0.484 e. The summed E-state index contributed by atoms with van der Waals surface area (Å²) in [6.45, 7) is 5.73. The van der Waals surface area contributed by atoms with Crippen LogP contribution in [0, 0.1) is 12.7 Å². The van der Waals surface area contributed by atoms with Gasteiger partial charge in [0.15, 0.2) is 6.61 Å². The molecule has 0 saturated carbocycles. The van der Waals surface area contributed by atoms with Gasteiger partial charge in [-0.15, -0.1) is 11.3 Å². The average Bonchev–Trinajstić information content (AvgIpc) is 3.04. The molecule has 0 aliphatic heterocycles. The van der Waals surface area contributed by atoms with Crippen LogP contribution < -0.4 is 15.4 Å². The quantitative estimate of drug-likeness (QED) is 0.663. The van der Waals surface area contributed by atoms with Gasteiger partial charge in [0, 0.05) is 29.3 Å². The van der Waals surface area contributed by atoms with Gasteiger partial charge in [-0.05, 0) is 25.5 Å². The van der Waals surface area contributed by atoms with E-state index in [4.69, 9.17) is 16.3 Å². The SMILES string of the molecule is C=C(CCC(=O)NCc1ncc(C)s1)NC(=O)COc1ccc(Cl)c(F)c1. The Morgan fingerprint density at radius 1 is 1.33 bits per heavy atom. The van der Waals surface area contributed by atoms with E-state index < -0.39 is 11.7 Å². The molecule has 0 unspecified atom stereocenters. The molecular formula is C18H19ClFN3O3S. The Morgan fingerprint density at radius 2 is 2.11 bits per heavy atom. The number of nitrogens with zero attached hydrogens (tertiary/aromatic N) is 1. The second-order valence-electron chi connectivity index (χ2n) is 5.66. The van der Waals surface area contributed by atoms with Crippen molar-refractivity contribution in [3.8, 4) is 5.75 Å². The number of hydrogen-bond donors (Lipinski definition) is 2. The van der Waals surface area contributed by atoms with Crippen LogP contribution in [0.2, 0.25) is 5.02 Å². The predicted molar refractivity (Wildman–Crippen MR) is 102 cm³/mol. The maximum Gasteiger partial charge on any atom is 0.262 e. The number of amides is 2. The van der Waals surface area contributed by atoms with E-state index in [9.17, 15) is 14.0 Å². The minimum atomic E-state index is -0.627. The molecule has 1 aromatic carbocycles. The first-order chi connectivity index (χ1) is 12.8. The van der Waals surface area contributed by atoms with Gasteiger partial charge in [-0.25, -0.2) is 9.37 Å². The summed E-state index contributed by atoms with van der Waals surface area (Å²) in [6.07, 6.45) is 2.24. The summed E-state index contributed by atoms with van der Waals surface area (Å²) in [7, 11) is 0. The van der Waals surface area contributed by atoms with Gasteiger partial charge < -0.3 is 15.4 Å². The Balaban J connectivity index is 1.64. The third-order valence-corrected chi connectivity index (χ3v) is 4.56. The average molecular weight is 412 g/mol. The van der Waals surface area contributed by atoms with E-state index in [1.54, 1.807) is 6.20 Å². The first kappa shape index (κ1) is 20.9. The monoisotopic (exact) mass is 411 g/mol. The molecule has 27 heavy (non-hydrogen) atoms. The van der Waals surface area contributed by atoms with E-state index in [0.717, 1.165) is 16.0 Å². The second kappa shape index (κ2) is 10.0. The molecule has 6 nitrogen and oxygen atoms in total. The summed E-state index contributed by atoms with van der Waals surface area (Å²) in [4.78, 5) is 28.9. The number of halogens is 2. The van der Waals surface area contributed by atoms with Crippen LogP contribution in [0.1, 0.15) is 22.7 Å². The zero-order valence-electron chi connectivity index (χ0n) is 14.7. The highest BCUT2D eigenvalue weighted by Gasteiger charge is 2.09. The first-order valence-corrected chi connectivity index (χ1v) is 9.26. The van der Waals surface area contributed by atoms with E-state index in [2.05, 4.69) is 22.2 Å². The maximum absolute atomic E-state index is 13.3. The summed E-state index contributed by atoms with van der Waals surface area (Å²) < 4.78 is 18.5. The molecule has 1 aromatic heterocycles. The topological polar surface area (TPSA) is 80.3 Å². The molecule has 144 valence electrons. The Morgan fingerprint density at radius 3 is 2.78 bits per heavy atom.